The molecule has 4 fully saturated rings. The van der Waals surface area contributed by atoms with Crippen LogP contribution in [0.15, 0.2) is 41.3 Å². The number of H-pyrrole nitrogens is 1. The number of nitrogens with zero attached hydrogens (tertiary/aromatic N) is 2. The summed E-state index contributed by atoms with van der Waals surface area (Å²) >= 11 is 12.9. The molecule has 0 aliphatic heterocycles. The predicted octanol–water partition coefficient (Wildman–Crippen LogP) is 7.76. The monoisotopic (exact) mass is 575 g/mol. The van der Waals surface area contributed by atoms with E-state index in [1.807, 2.05) is 6.07 Å². The smallest absolute Gasteiger partial charge is 0.336 e. The van der Waals surface area contributed by atoms with Gasteiger partial charge in [-0.15, -0.1) is 0 Å². The number of aromatic carboxylic acids is 1. The number of nitrogens with one attached hydrogen (secondary N) is 1. The van der Waals surface area contributed by atoms with Gasteiger partial charge in [-0.25, -0.2) is 4.79 Å². The molecule has 0 radical (unpaired) electrons. The van der Waals surface area contributed by atoms with Crippen LogP contribution in [0.4, 0.5) is 0 Å². The number of hydrogen-bond acceptors (Lipinski definition) is 5. The van der Waals surface area contributed by atoms with E-state index < -0.39 is 5.97 Å². The molecule has 0 unspecified atom stereocenters. The van der Waals surface area contributed by atoms with Crippen molar-refractivity contribution in [3.63, 3.8) is 0 Å². The van der Waals surface area contributed by atoms with Crippen molar-refractivity contribution in [1.29, 1.82) is 0 Å². The molecule has 4 aliphatic carbocycles. The lowest BCUT2D eigenvalue weighted by atomic mass is 9.59. The summed E-state index contributed by atoms with van der Waals surface area (Å²) in [6, 6.07) is 5.39. The van der Waals surface area contributed by atoms with E-state index in [2.05, 4.69) is 27.0 Å². The van der Waals surface area contributed by atoms with Gasteiger partial charge in [0.05, 0.1) is 27.8 Å². The molecule has 2 bridgehead atoms. The lowest BCUT2D eigenvalue weighted by Crippen LogP contribution is -2.47. The molecule has 2 N–H and O–H groups in total. The molecule has 204 valence electrons. The van der Waals surface area contributed by atoms with Gasteiger partial charge in [0, 0.05) is 57.5 Å². The van der Waals surface area contributed by atoms with Crippen molar-refractivity contribution in [2.24, 2.45) is 5.41 Å². The zero-order valence-electron chi connectivity index (χ0n) is 21.7. The zero-order chi connectivity index (χ0) is 27.5. The second-order valence-corrected chi connectivity index (χ2v) is 12.2. The fourth-order valence-corrected chi connectivity index (χ4v) is 6.91. The number of rotatable bonds is 6. The van der Waals surface area contributed by atoms with Crippen LogP contribution in [0.2, 0.25) is 10.0 Å². The normalized spacial score (nSPS) is 23.8. The predicted molar refractivity (Wildman–Crippen MR) is 152 cm³/mol. The second kappa shape index (κ2) is 9.66. The number of carboxylic acids is 1. The summed E-state index contributed by atoms with van der Waals surface area (Å²) in [5, 5.41) is 15.6. The summed E-state index contributed by atoms with van der Waals surface area (Å²) in [7, 11) is 0. The minimum absolute atomic E-state index is 0.0706. The van der Waals surface area contributed by atoms with Crippen LogP contribution < -0.4 is 0 Å². The highest BCUT2D eigenvalue weighted by atomic mass is 35.5. The number of halogens is 2. The average molecular weight is 576 g/mol. The van der Waals surface area contributed by atoms with Crippen molar-refractivity contribution in [2.45, 2.75) is 69.5 Å². The van der Waals surface area contributed by atoms with Crippen LogP contribution in [0.25, 0.3) is 22.2 Å². The van der Waals surface area contributed by atoms with Gasteiger partial charge in [-0.3, -0.25) is 4.98 Å². The molecule has 4 aromatic rings. The number of hydrogen-bond donors (Lipinski definition) is 2. The summed E-state index contributed by atoms with van der Waals surface area (Å²) in [5.74, 6) is 7.16. The Morgan fingerprint density at radius 3 is 2.52 bits per heavy atom. The maximum atomic E-state index is 11.8. The number of carbonyl (C=O) groups is 1. The lowest BCUT2D eigenvalue weighted by molar-refractivity contribution is -0.131. The van der Waals surface area contributed by atoms with Gasteiger partial charge in [0.15, 0.2) is 0 Å². The Morgan fingerprint density at radius 2 is 1.85 bits per heavy atom. The van der Waals surface area contributed by atoms with Crippen molar-refractivity contribution >= 4 is 40.1 Å². The quantitative estimate of drug-likeness (QED) is 0.228. The number of benzene rings is 1. The Hall–Kier alpha value is -3.31. The fraction of sp³-hybridized carbons (Fsp3) is 0.387. The van der Waals surface area contributed by atoms with E-state index in [1.165, 1.54) is 0 Å². The summed E-state index contributed by atoms with van der Waals surface area (Å²) in [5.41, 5.74) is 3.72. The summed E-state index contributed by atoms with van der Waals surface area (Å²) in [4.78, 5) is 19.0. The Balaban J connectivity index is 1.09. The van der Waals surface area contributed by atoms with Crippen LogP contribution >= 0.6 is 23.2 Å². The minimum Gasteiger partial charge on any atom is -0.478 e. The molecule has 4 aliphatic rings. The topological polar surface area (TPSA) is 101 Å². The molecule has 0 saturated heterocycles. The molecule has 3 aromatic heterocycles. The van der Waals surface area contributed by atoms with E-state index in [0.717, 1.165) is 73.8 Å². The molecule has 7 nitrogen and oxygen atoms in total. The van der Waals surface area contributed by atoms with Gasteiger partial charge in [-0.1, -0.05) is 40.2 Å². The largest absolute Gasteiger partial charge is 0.478 e. The Labute approximate surface area is 241 Å². The summed E-state index contributed by atoms with van der Waals surface area (Å²) in [6.45, 7) is 0.395. The first kappa shape index (κ1) is 25.6. The zero-order valence-corrected chi connectivity index (χ0v) is 23.2. The van der Waals surface area contributed by atoms with Crippen molar-refractivity contribution < 1.29 is 19.2 Å². The van der Waals surface area contributed by atoms with Gasteiger partial charge >= 0.3 is 5.97 Å². The van der Waals surface area contributed by atoms with Crippen LogP contribution in [-0.4, -0.2) is 31.8 Å². The molecule has 3 heterocycles. The fourth-order valence-electron chi connectivity index (χ4n) is 6.36. The third-order valence-corrected chi connectivity index (χ3v) is 9.50. The highest BCUT2D eigenvalue weighted by Gasteiger charge is 2.49. The first-order valence-electron chi connectivity index (χ1n) is 13.6. The molecule has 1 aromatic carbocycles. The Morgan fingerprint density at radius 1 is 1.12 bits per heavy atom. The van der Waals surface area contributed by atoms with Crippen LogP contribution in [0, 0.1) is 17.3 Å². The molecule has 0 amide bonds. The molecule has 0 atom stereocenters. The van der Waals surface area contributed by atoms with Crippen molar-refractivity contribution in [2.75, 3.05) is 0 Å². The van der Waals surface area contributed by atoms with Gasteiger partial charge in [0.2, 0.25) is 0 Å². The van der Waals surface area contributed by atoms with Gasteiger partial charge in [-0.05, 0) is 69.6 Å². The number of aromatic nitrogens is 3. The number of carboxylic acid groups (broad SMARTS) is 1. The third-order valence-electron chi connectivity index (χ3n) is 8.93. The van der Waals surface area contributed by atoms with Crippen LogP contribution in [0.1, 0.15) is 84.5 Å². The first-order valence-corrected chi connectivity index (χ1v) is 14.4. The molecule has 0 spiro atoms. The molecule has 8 rings (SSSR count). The van der Waals surface area contributed by atoms with E-state index in [4.69, 9.17) is 32.5 Å². The molecular formula is C31H27Cl2N3O4. The SMILES string of the molecule is O=C(O)c1cc(C#CC23CCC(OCc4c(-c5c(Cl)cncc5Cl)noc4C4CC4)(CC2)CC3)cc2[nH]ccc12. The van der Waals surface area contributed by atoms with E-state index in [-0.39, 0.29) is 16.6 Å². The van der Waals surface area contributed by atoms with E-state index in [9.17, 15) is 9.90 Å². The molecule has 9 heteroatoms. The van der Waals surface area contributed by atoms with Crippen molar-refractivity contribution in [1.82, 2.24) is 15.1 Å². The minimum atomic E-state index is -0.946. The van der Waals surface area contributed by atoms with Crippen LogP contribution in [0.5, 0.6) is 0 Å². The highest BCUT2D eigenvalue weighted by Crippen LogP contribution is 2.54. The van der Waals surface area contributed by atoms with Crippen molar-refractivity contribution in [3.05, 3.63) is 69.3 Å². The van der Waals surface area contributed by atoms with E-state index in [1.54, 1.807) is 30.7 Å². The highest BCUT2D eigenvalue weighted by molar-refractivity contribution is 6.38. The summed E-state index contributed by atoms with van der Waals surface area (Å²) < 4.78 is 12.5. The van der Waals surface area contributed by atoms with Gasteiger partial charge in [0.1, 0.15) is 11.5 Å². The van der Waals surface area contributed by atoms with Crippen LogP contribution in [-0.2, 0) is 11.3 Å². The maximum Gasteiger partial charge on any atom is 0.336 e. The second-order valence-electron chi connectivity index (χ2n) is 11.4. The summed E-state index contributed by atoms with van der Waals surface area (Å²) in [6.07, 6.45) is 12.7. The first-order chi connectivity index (χ1) is 19.4. The molecule has 4 saturated carbocycles. The van der Waals surface area contributed by atoms with Crippen LogP contribution in [0.3, 0.4) is 0 Å². The Kier molecular flexibility index (Phi) is 6.19. The third kappa shape index (κ3) is 4.49. The standard InChI is InChI=1S/C31H27Cl2N3O4/c32-23-15-34-16-24(33)26(23)27-22(28(40-36-27)19-1-2-19)17-39-31-9-6-30(7-10-31,8-11-31)5-3-18-13-21(29(37)38)20-4-12-35-25(20)14-18/h4,12-16,19,35H,1-2,6-11,17H2,(H,37,38). The lowest BCUT2D eigenvalue weighted by Gasteiger charge is -2.51. The average Bonchev–Trinajstić information content (AvgIpc) is 3.54. The van der Waals surface area contributed by atoms with Gasteiger partial charge in [0.25, 0.3) is 0 Å². The van der Waals surface area contributed by atoms with Gasteiger partial charge in [-0.2, -0.15) is 0 Å². The molecule has 40 heavy (non-hydrogen) atoms. The van der Waals surface area contributed by atoms with Crippen molar-refractivity contribution in [3.8, 4) is 23.1 Å². The number of aromatic amines is 1. The maximum absolute atomic E-state index is 11.8. The number of fused-ring (bicyclic) bond motifs is 4. The van der Waals surface area contributed by atoms with Gasteiger partial charge < -0.3 is 19.4 Å². The number of pyridine rings is 1. The number of ether oxygens (including phenoxy) is 1. The Bertz CT molecular complexity index is 1660. The van der Waals surface area contributed by atoms with E-state index in [0.29, 0.717) is 39.2 Å². The molecular weight excluding hydrogens is 549 g/mol. The van der Waals surface area contributed by atoms with E-state index >= 15 is 0 Å².